The number of benzene rings is 1. The Hall–Kier alpha value is -0.410. The molecule has 0 amide bonds. The van der Waals surface area contributed by atoms with E-state index in [1.54, 1.807) is 7.11 Å². The fraction of sp³-hybridized carbons (Fsp3) is 0.647. The van der Waals surface area contributed by atoms with Crippen molar-refractivity contribution in [1.82, 2.24) is 0 Å². The second kappa shape index (κ2) is 6.37. The molecule has 0 radical (unpaired) electrons. The van der Waals surface area contributed by atoms with Gasteiger partial charge in [-0.15, -0.1) is 11.6 Å². The molecule has 1 spiro atoms. The fourth-order valence-electron chi connectivity index (χ4n) is 3.79. The van der Waals surface area contributed by atoms with Crippen LogP contribution in [-0.4, -0.2) is 18.6 Å². The van der Waals surface area contributed by atoms with Gasteiger partial charge in [0.2, 0.25) is 0 Å². The van der Waals surface area contributed by atoms with Crippen LogP contribution in [0.15, 0.2) is 22.7 Å². The normalized spacial score (nSPS) is 27.8. The minimum absolute atomic E-state index is 0.165. The minimum Gasteiger partial charge on any atom is -0.493 e. The third-order valence-corrected chi connectivity index (χ3v) is 6.37. The summed E-state index contributed by atoms with van der Waals surface area (Å²) >= 11 is 10.2. The van der Waals surface area contributed by atoms with E-state index in [1.807, 2.05) is 18.2 Å². The Bertz CT molecular complexity index is 498. The summed E-state index contributed by atoms with van der Waals surface area (Å²) in [5.41, 5.74) is 0.165. The van der Waals surface area contributed by atoms with E-state index < -0.39 is 0 Å². The molecule has 2 atom stereocenters. The molecule has 4 heteroatoms. The van der Waals surface area contributed by atoms with Crippen LogP contribution in [0.5, 0.6) is 11.5 Å². The first kappa shape index (κ1) is 15.5. The molecule has 0 aliphatic heterocycles. The van der Waals surface area contributed by atoms with Crippen molar-refractivity contribution < 1.29 is 9.47 Å². The van der Waals surface area contributed by atoms with Gasteiger partial charge in [0.1, 0.15) is 6.10 Å². The summed E-state index contributed by atoms with van der Waals surface area (Å²) in [5, 5.41) is 0.258. The average Bonchev–Trinajstić information content (AvgIpc) is 2.76. The monoisotopic (exact) mass is 372 g/mol. The number of alkyl halides is 1. The zero-order valence-electron chi connectivity index (χ0n) is 12.4. The highest BCUT2D eigenvalue weighted by Crippen LogP contribution is 2.56. The zero-order valence-corrected chi connectivity index (χ0v) is 14.8. The lowest BCUT2D eigenvalue weighted by molar-refractivity contribution is -0.0526. The van der Waals surface area contributed by atoms with E-state index in [4.69, 9.17) is 21.1 Å². The molecule has 0 bridgehead atoms. The topological polar surface area (TPSA) is 18.5 Å². The number of methoxy groups -OCH3 is 1. The van der Waals surface area contributed by atoms with E-state index in [9.17, 15) is 0 Å². The predicted molar refractivity (Wildman–Crippen MR) is 89.5 cm³/mol. The molecule has 0 N–H and O–H groups in total. The van der Waals surface area contributed by atoms with Crippen LogP contribution >= 0.6 is 27.5 Å². The maximum atomic E-state index is 6.61. The summed E-state index contributed by atoms with van der Waals surface area (Å²) in [6, 6.07) is 5.90. The molecule has 21 heavy (non-hydrogen) atoms. The standard InChI is InChI=1S/C17H22BrClO2/c1-20-13-8-6-7-12(18)16(13)21-15-11-14(19)17(15)9-4-2-3-5-10-17/h6-8,14-15H,2-5,9-11H2,1H3. The average molecular weight is 374 g/mol. The number of ether oxygens (including phenoxy) is 2. The van der Waals surface area contributed by atoms with Gasteiger partial charge in [0, 0.05) is 17.2 Å². The molecule has 116 valence electrons. The molecule has 2 unspecified atom stereocenters. The van der Waals surface area contributed by atoms with Gasteiger partial charge in [0.05, 0.1) is 11.6 Å². The first-order valence-corrected chi connectivity index (χ1v) is 9.03. The molecule has 1 aromatic rings. The van der Waals surface area contributed by atoms with Crippen molar-refractivity contribution in [3.05, 3.63) is 22.7 Å². The zero-order chi connectivity index (χ0) is 14.9. The fourth-order valence-corrected chi connectivity index (χ4v) is 4.75. The molecular weight excluding hydrogens is 352 g/mol. The quantitative estimate of drug-likeness (QED) is 0.646. The smallest absolute Gasteiger partial charge is 0.175 e. The van der Waals surface area contributed by atoms with Crippen molar-refractivity contribution in [3.8, 4) is 11.5 Å². The number of halogens is 2. The second-order valence-corrected chi connectivity index (χ2v) is 7.61. The van der Waals surface area contributed by atoms with Crippen molar-refractivity contribution >= 4 is 27.5 Å². The van der Waals surface area contributed by atoms with Gasteiger partial charge >= 0.3 is 0 Å². The molecule has 1 aromatic carbocycles. The molecule has 2 fully saturated rings. The van der Waals surface area contributed by atoms with E-state index in [1.165, 1.54) is 38.5 Å². The summed E-state index contributed by atoms with van der Waals surface area (Å²) in [6.45, 7) is 0. The number of hydrogen-bond donors (Lipinski definition) is 0. The summed E-state index contributed by atoms with van der Waals surface area (Å²) in [7, 11) is 1.68. The second-order valence-electron chi connectivity index (χ2n) is 6.23. The van der Waals surface area contributed by atoms with Gasteiger partial charge in [0.25, 0.3) is 0 Å². The van der Waals surface area contributed by atoms with E-state index in [0.29, 0.717) is 0 Å². The van der Waals surface area contributed by atoms with Gasteiger partial charge in [-0.25, -0.2) is 0 Å². The highest BCUT2D eigenvalue weighted by Gasteiger charge is 2.55. The molecule has 2 saturated carbocycles. The van der Waals surface area contributed by atoms with Crippen LogP contribution in [-0.2, 0) is 0 Å². The van der Waals surface area contributed by atoms with Crippen molar-refractivity contribution in [2.45, 2.75) is 56.4 Å². The SMILES string of the molecule is COc1cccc(Br)c1OC1CC(Cl)C12CCCCCC2. The third kappa shape index (κ3) is 2.79. The molecule has 0 saturated heterocycles. The van der Waals surface area contributed by atoms with Crippen molar-refractivity contribution in [2.24, 2.45) is 5.41 Å². The number of para-hydroxylation sites is 1. The van der Waals surface area contributed by atoms with Crippen LogP contribution in [0.3, 0.4) is 0 Å². The lowest BCUT2D eigenvalue weighted by atomic mass is 9.61. The predicted octanol–water partition coefficient (Wildman–Crippen LogP) is 5.56. The van der Waals surface area contributed by atoms with E-state index in [0.717, 1.165) is 22.4 Å². The lowest BCUT2D eigenvalue weighted by Crippen LogP contribution is -2.57. The number of rotatable bonds is 3. The highest BCUT2D eigenvalue weighted by molar-refractivity contribution is 9.10. The van der Waals surface area contributed by atoms with Gasteiger partial charge < -0.3 is 9.47 Å². The van der Waals surface area contributed by atoms with Crippen LogP contribution in [0.4, 0.5) is 0 Å². The van der Waals surface area contributed by atoms with Crippen molar-refractivity contribution in [2.75, 3.05) is 7.11 Å². The molecule has 2 nitrogen and oxygen atoms in total. The lowest BCUT2D eigenvalue weighted by Gasteiger charge is -2.53. The van der Waals surface area contributed by atoms with Gasteiger partial charge in [0.15, 0.2) is 11.5 Å². The van der Waals surface area contributed by atoms with Crippen LogP contribution in [0.25, 0.3) is 0 Å². The Kier molecular flexibility index (Phi) is 4.70. The maximum Gasteiger partial charge on any atom is 0.175 e. The van der Waals surface area contributed by atoms with Crippen LogP contribution < -0.4 is 9.47 Å². The Labute approximate surface area is 140 Å². The molecule has 3 rings (SSSR count). The summed E-state index contributed by atoms with van der Waals surface area (Å²) in [6.07, 6.45) is 8.74. The van der Waals surface area contributed by atoms with Gasteiger partial charge in [-0.05, 0) is 40.9 Å². The number of hydrogen-bond acceptors (Lipinski definition) is 2. The maximum absolute atomic E-state index is 6.61. The van der Waals surface area contributed by atoms with Crippen LogP contribution in [0.1, 0.15) is 44.9 Å². The molecular formula is C17H22BrClO2. The Morgan fingerprint density at radius 1 is 1.19 bits per heavy atom. The van der Waals surface area contributed by atoms with Gasteiger partial charge in [-0.2, -0.15) is 0 Å². The van der Waals surface area contributed by atoms with Crippen molar-refractivity contribution in [3.63, 3.8) is 0 Å². The van der Waals surface area contributed by atoms with E-state index in [2.05, 4.69) is 15.9 Å². The third-order valence-electron chi connectivity index (χ3n) is 5.13. The molecule has 2 aliphatic carbocycles. The highest BCUT2D eigenvalue weighted by atomic mass is 79.9. The Balaban J connectivity index is 1.82. The summed E-state index contributed by atoms with van der Waals surface area (Å²) in [4.78, 5) is 0. The molecule has 0 heterocycles. The Morgan fingerprint density at radius 3 is 2.52 bits per heavy atom. The van der Waals surface area contributed by atoms with Gasteiger partial charge in [-0.1, -0.05) is 31.7 Å². The van der Waals surface area contributed by atoms with Crippen LogP contribution in [0, 0.1) is 5.41 Å². The van der Waals surface area contributed by atoms with E-state index in [-0.39, 0.29) is 16.9 Å². The van der Waals surface area contributed by atoms with Crippen LogP contribution in [0.2, 0.25) is 0 Å². The Morgan fingerprint density at radius 2 is 1.90 bits per heavy atom. The minimum atomic E-state index is 0.165. The summed E-state index contributed by atoms with van der Waals surface area (Å²) < 4.78 is 12.7. The van der Waals surface area contributed by atoms with Gasteiger partial charge in [-0.3, -0.25) is 0 Å². The van der Waals surface area contributed by atoms with E-state index >= 15 is 0 Å². The van der Waals surface area contributed by atoms with Crippen molar-refractivity contribution in [1.29, 1.82) is 0 Å². The molecule has 0 aromatic heterocycles. The first-order valence-electron chi connectivity index (χ1n) is 7.80. The largest absolute Gasteiger partial charge is 0.493 e. The molecule has 2 aliphatic rings. The first-order chi connectivity index (χ1) is 10.2. The summed E-state index contributed by atoms with van der Waals surface area (Å²) in [5.74, 6) is 1.60.